The average molecular weight is 302 g/mol. The number of anilines is 1. The number of carbonyl (C=O) groups excluding carboxylic acids is 1. The highest BCUT2D eigenvalue weighted by Crippen LogP contribution is 2.33. The van der Waals surface area contributed by atoms with Gasteiger partial charge in [-0.2, -0.15) is 0 Å². The van der Waals surface area contributed by atoms with Crippen LogP contribution in [0, 0.1) is 5.92 Å². The topological polar surface area (TPSA) is 68.0 Å². The number of pyridine rings is 1. The zero-order chi connectivity index (χ0) is 14.0. The number of carbonyl (C=O) groups is 1. The van der Waals surface area contributed by atoms with Crippen LogP contribution in [0.4, 0.5) is 5.69 Å². The number of nitrogens with zero attached hydrogens (tertiary/aromatic N) is 1. The monoisotopic (exact) mass is 301 g/mol. The first-order valence-corrected chi connectivity index (χ1v) is 7.09. The van der Waals surface area contributed by atoms with Crippen LogP contribution in [0.2, 0.25) is 10.3 Å². The number of nitrogens with one attached hydrogen (secondary N) is 1. The van der Waals surface area contributed by atoms with Crippen LogP contribution < -0.4 is 11.1 Å². The van der Waals surface area contributed by atoms with E-state index < -0.39 is 5.54 Å². The number of rotatable bonds is 3. The maximum absolute atomic E-state index is 12.3. The van der Waals surface area contributed by atoms with Crippen molar-refractivity contribution in [1.29, 1.82) is 0 Å². The number of nitrogens with two attached hydrogens (primary N) is 1. The van der Waals surface area contributed by atoms with Gasteiger partial charge < -0.3 is 11.1 Å². The standard InChI is InChI=1S/C13H17Cl2N3O/c1-13(16,8-4-2-3-5-8)12(19)17-9-6-7-10(14)18-11(9)15/h6-8H,2-5,16H2,1H3,(H,17,19)/t13-/m0/s1. The molecule has 1 aliphatic rings. The predicted molar refractivity (Wildman–Crippen MR) is 77.4 cm³/mol. The normalized spacial score (nSPS) is 19.2. The van der Waals surface area contributed by atoms with Gasteiger partial charge in [-0.15, -0.1) is 0 Å². The third-order valence-electron chi connectivity index (χ3n) is 3.76. The molecule has 0 saturated heterocycles. The van der Waals surface area contributed by atoms with E-state index in [1.807, 2.05) is 0 Å². The molecule has 1 aromatic rings. The van der Waals surface area contributed by atoms with Gasteiger partial charge in [0.25, 0.3) is 0 Å². The number of halogens is 2. The summed E-state index contributed by atoms with van der Waals surface area (Å²) in [6, 6.07) is 3.20. The lowest BCUT2D eigenvalue weighted by molar-refractivity contribution is -0.122. The molecule has 2 rings (SSSR count). The quantitative estimate of drug-likeness (QED) is 0.842. The first kappa shape index (κ1) is 14.6. The van der Waals surface area contributed by atoms with Gasteiger partial charge in [-0.05, 0) is 37.8 Å². The lowest BCUT2D eigenvalue weighted by atomic mass is 9.84. The molecule has 3 N–H and O–H groups in total. The Balaban J connectivity index is 2.11. The molecule has 1 saturated carbocycles. The van der Waals surface area contributed by atoms with Gasteiger partial charge >= 0.3 is 0 Å². The molecule has 1 aliphatic carbocycles. The van der Waals surface area contributed by atoms with E-state index in [1.54, 1.807) is 19.1 Å². The third kappa shape index (κ3) is 3.19. The van der Waals surface area contributed by atoms with E-state index in [9.17, 15) is 4.79 Å². The summed E-state index contributed by atoms with van der Waals surface area (Å²) < 4.78 is 0. The van der Waals surface area contributed by atoms with Crippen LogP contribution in [-0.2, 0) is 4.79 Å². The predicted octanol–water partition coefficient (Wildman–Crippen LogP) is 3.23. The highest BCUT2D eigenvalue weighted by molar-refractivity contribution is 6.34. The third-order valence-corrected chi connectivity index (χ3v) is 4.25. The molecule has 0 aliphatic heterocycles. The van der Waals surface area contributed by atoms with Crippen molar-refractivity contribution in [3.8, 4) is 0 Å². The molecule has 0 radical (unpaired) electrons. The SMILES string of the molecule is C[C@@](N)(C(=O)Nc1ccc(Cl)nc1Cl)C1CCCC1. The van der Waals surface area contributed by atoms with Crippen LogP contribution in [0.15, 0.2) is 12.1 Å². The first-order chi connectivity index (χ1) is 8.91. The summed E-state index contributed by atoms with van der Waals surface area (Å²) in [4.78, 5) is 16.2. The Bertz CT molecular complexity index is 485. The molecule has 0 unspecified atom stereocenters. The first-order valence-electron chi connectivity index (χ1n) is 6.33. The summed E-state index contributed by atoms with van der Waals surface area (Å²) >= 11 is 11.6. The Morgan fingerprint density at radius 3 is 2.63 bits per heavy atom. The summed E-state index contributed by atoms with van der Waals surface area (Å²) in [5.74, 6) is -0.0167. The van der Waals surface area contributed by atoms with Gasteiger partial charge in [0, 0.05) is 0 Å². The maximum atomic E-state index is 12.3. The number of hydrogen-bond acceptors (Lipinski definition) is 3. The van der Waals surface area contributed by atoms with E-state index in [2.05, 4.69) is 10.3 Å². The zero-order valence-electron chi connectivity index (χ0n) is 10.7. The summed E-state index contributed by atoms with van der Waals surface area (Å²) in [6.07, 6.45) is 4.25. The molecule has 1 amide bonds. The molecular formula is C13H17Cl2N3O. The van der Waals surface area contributed by atoms with Crippen molar-refractivity contribution in [1.82, 2.24) is 4.98 Å². The minimum absolute atomic E-state index is 0.170. The molecule has 1 fully saturated rings. The van der Waals surface area contributed by atoms with Crippen LogP contribution in [0.3, 0.4) is 0 Å². The van der Waals surface area contributed by atoms with Gasteiger partial charge in [-0.25, -0.2) is 4.98 Å². The molecule has 19 heavy (non-hydrogen) atoms. The van der Waals surface area contributed by atoms with Crippen molar-refractivity contribution in [2.45, 2.75) is 38.1 Å². The number of aromatic nitrogens is 1. The minimum atomic E-state index is -0.889. The van der Waals surface area contributed by atoms with Crippen LogP contribution in [-0.4, -0.2) is 16.4 Å². The fourth-order valence-electron chi connectivity index (χ4n) is 2.47. The van der Waals surface area contributed by atoms with Crippen molar-refractivity contribution >= 4 is 34.8 Å². The molecule has 104 valence electrons. The molecule has 0 spiro atoms. The van der Waals surface area contributed by atoms with E-state index in [0.29, 0.717) is 5.69 Å². The van der Waals surface area contributed by atoms with Crippen LogP contribution in [0.5, 0.6) is 0 Å². The van der Waals surface area contributed by atoms with Gasteiger partial charge in [0.15, 0.2) is 5.15 Å². The van der Waals surface area contributed by atoms with Crippen molar-refractivity contribution < 1.29 is 4.79 Å². The number of hydrogen-bond donors (Lipinski definition) is 2. The molecule has 0 bridgehead atoms. The van der Waals surface area contributed by atoms with E-state index in [4.69, 9.17) is 28.9 Å². The lowest BCUT2D eigenvalue weighted by Gasteiger charge is -2.30. The summed E-state index contributed by atoms with van der Waals surface area (Å²) in [7, 11) is 0. The Morgan fingerprint density at radius 2 is 2.05 bits per heavy atom. The second kappa shape index (κ2) is 5.65. The van der Waals surface area contributed by atoms with E-state index >= 15 is 0 Å². The Kier molecular flexibility index (Phi) is 4.33. The fourth-order valence-corrected chi connectivity index (χ4v) is 2.87. The Labute approximate surface area is 122 Å². The van der Waals surface area contributed by atoms with Gasteiger partial charge in [-0.3, -0.25) is 4.79 Å². The summed E-state index contributed by atoms with van der Waals surface area (Å²) in [6.45, 7) is 1.77. The lowest BCUT2D eigenvalue weighted by Crippen LogP contribution is -2.53. The van der Waals surface area contributed by atoms with E-state index in [0.717, 1.165) is 25.7 Å². The smallest absolute Gasteiger partial charge is 0.244 e. The van der Waals surface area contributed by atoms with Gasteiger partial charge in [0.1, 0.15) is 5.15 Å². The largest absolute Gasteiger partial charge is 0.322 e. The fraction of sp³-hybridized carbons (Fsp3) is 0.538. The van der Waals surface area contributed by atoms with Gasteiger partial charge in [-0.1, -0.05) is 36.0 Å². The van der Waals surface area contributed by atoms with Crippen molar-refractivity contribution in [3.63, 3.8) is 0 Å². The Morgan fingerprint density at radius 1 is 1.42 bits per heavy atom. The van der Waals surface area contributed by atoms with Crippen molar-refractivity contribution in [2.24, 2.45) is 11.7 Å². The highest BCUT2D eigenvalue weighted by Gasteiger charge is 2.39. The molecule has 0 aromatic carbocycles. The average Bonchev–Trinajstić information content (AvgIpc) is 2.86. The Hall–Kier alpha value is -0.840. The molecule has 1 aromatic heterocycles. The second-order valence-electron chi connectivity index (χ2n) is 5.19. The van der Waals surface area contributed by atoms with Crippen molar-refractivity contribution in [2.75, 3.05) is 5.32 Å². The maximum Gasteiger partial charge on any atom is 0.244 e. The molecule has 4 nitrogen and oxygen atoms in total. The molecule has 1 atom stereocenters. The highest BCUT2D eigenvalue weighted by atomic mass is 35.5. The summed E-state index contributed by atoms with van der Waals surface area (Å²) in [5.41, 5.74) is 5.74. The zero-order valence-corrected chi connectivity index (χ0v) is 12.3. The molecule has 6 heteroatoms. The van der Waals surface area contributed by atoms with E-state index in [1.165, 1.54) is 0 Å². The van der Waals surface area contributed by atoms with Crippen LogP contribution in [0.25, 0.3) is 0 Å². The second-order valence-corrected chi connectivity index (χ2v) is 5.94. The molecule has 1 heterocycles. The van der Waals surface area contributed by atoms with E-state index in [-0.39, 0.29) is 22.1 Å². The van der Waals surface area contributed by atoms with Gasteiger partial charge in [0.2, 0.25) is 5.91 Å². The minimum Gasteiger partial charge on any atom is -0.322 e. The van der Waals surface area contributed by atoms with Crippen LogP contribution in [0.1, 0.15) is 32.6 Å². The molecular weight excluding hydrogens is 285 g/mol. The van der Waals surface area contributed by atoms with Crippen LogP contribution >= 0.6 is 23.2 Å². The van der Waals surface area contributed by atoms with Crippen molar-refractivity contribution in [3.05, 3.63) is 22.4 Å². The van der Waals surface area contributed by atoms with Gasteiger partial charge in [0.05, 0.1) is 11.2 Å². The summed E-state index contributed by atoms with van der Waals surface area (Å²) in [5, 5.41) is 3.19. The number of amides is 1.